The third-order valence-corrected chi connectivity index (χ3v) is 3.23. The zero-order valence-electron chi connectivity index (χ0n) is 13.3. The largest absolute Gasteiger partial charge is 0.462 e. The second-order valence-corrected chi connectivity index (χ2v) is 5.08. The van der Waals surface area contributed by atoms with Crippen LogP contribution in [-0.4, -0.2) is 18.8 Å². The number of nitrogens with zero attached hydrogens (tertiary/aromatic N) is 1. The van der Waals surface area contributed by atoms with E-state index in [1.807, 2.05) is 54.6 Å². The van der Waals surface area contributed by atoms with Crippen LogP contribution in [0.4, 0.5) is 5.69 Å². The molecule has 0 aliphatic rings. The van der Waals surface area contributed by atoms with Gasteiger partial charge in [-0.15, -0.1) is 0 Å². The average molecular weight is 307 g/mol. The quantitative estimate of drug-likeness (QED) is 0.407. The van der Waals surface area contributed by atoms with E-state index in [-0.39, 0.29) is 5.97 Å². The van der Waals surface area contributed by atoms with Crippen molar-refractivity contribution in [1.82, 2.24) is 0 Å². The number of hydrogen-bond donors (Lipinski definition) is 0. The number of allylic oxidation sites excluding steroid dienone is 1. The van der Waals surface area contributed by atoms with Crippen molar-refractivity contribution in [3.63, 3.8) is 0 Å². The highest BCUT2D eigenvalue weighted by Crippen LogP contribution is 2.13. The molecular formula is C20H21NO2. The fourth-order valence-corrected chi connectivity index (χ4v) is 1.92. The monoisotopic (exact) mass is 307 g/mol. The summed E-state index contributed by atoms with van der Waals surface area (Å²) in [6, 6.07) is 17.1. The van der Waals surface area contributed by atoms with Crippen LogP contribution >= 0.6 is 0 Å². The van der Waals surface area contributed by atoms with Crippen LogP contribution in [0.25, 0.3) is 6.08 Å². The number of ether oxygens (including phenoxy) is 1. The summed E-state index contributed by atoms with van der Waals surface area (Å²) < 4.78 is 5.17. The van der Waals surface area contributed by atoms with E-state index in [0.717, 1.165) is 24.1 Å². The minimum absolute atomic E-state index is 0.280. The predicted molar refractivity (Wildman–Crippen MR) is 95.3 cm³/mol. The van der Waals surface area contributed by atoms with Gasteiger partial charge in [0.2, 0.25) is 0 Å². The van der Waals surface area contributed by atoms with Gasteiger partial charge in [-0.1, -0.05) is 49.8 Å². The molecule has 0 amide bonds. The number of aliphatic imine (C=N–C) groups is 1. The molecule has 0 fully saturated rings. The molecule has 3 nitrogen and oxygen atoms in total. The standard InChI is InChI=1S/C20H21NO2/c1-2-3-16-23-20(22)18-11-13-19(14-12-18)21-15-7-10-17-8-5-4-6-9-17/h4-15H,2-3,16H2,1H3/b10-7-,21-15?. The lowest BCUT2D eigenvalue weighted by molar-refractivity contribution is 0.0500. The summed E-state index contributed by atoms with van der Waals surface area (Å²) in [5.74, 6) is -0.280. The Morgan fingerprint density at radius 3 is 2.52 bits per heavy atom. The SMILES string of the molecule is CCCCOC(=O)c1ccc(N=C/C=C\c2ccccc2)cc1. The van der Waals surface area contributed by atoms with Crippen LogP contribution in [0.5, 0.6) is 0 Å². The highest BCUT2D eigenvalue weighted by molar-refractivity contribution is 5.90. The van der Waals surface area contributed by atoms with Gasteiger partial charge in [0.05, 0.1) is 17.9 Å². The van der Waals surface area contributed by atoms with E-state index in [4.69, 9.17) is 4.74 Å². The molecule has 0 aromatic heterocycles. The Labute approximate surface area is 137 Å². The maximum absolute atomic E-state index is 11.8. The van der Waals surface area contributed by atoms with E-state index in [9.17, 15) is 4.79 Å². The van der Waals surface area contributed by atoms with E-state index in [1.54, 1.807) is 18.3 Å². The molecule has 2 aromatic rings. The van der Waals surface area contributed by atoms with Crippen molar-refractivity contribution in [3.05, 3.63) is 71.8 Å². The van der Waals surface area contributed by atoms with Crippen LogP contribution in [-0.2, 0) is 4.74 Å². The van der Waals surface area contributed by atoms with Crippen LogP contribution in [0.15, 0.2) is 65.7 Å². The van der Waals surface area contributed by atoms with E-state index < -0.39 is 0 Å². The molecule has 0 aliphatic heterocycles. The summed E-state index contributed by atoms with van der Waals surface area (Å²) in [4.78, 5) is 16.1. The third-order valence-electron chi connectivity index (χ3n) is 3.23. The predicted octanol–water partition coefficient (Wildman–Crippen LogP) is 5.06. The molecule has 3 heteroatoms. The van der Waals surface area contributed by atoms with Crippen LogP contribution < -0.4 is 0 Å². The van der Waals surface area contributed by atoms with Crippen molar-refractivity contribution in [2.75, 3.05) is 6.61 Å². The molecule has 0 bridgehead atoms. The minimum Gasteiger partial charge on any atom is -0.462 e. The van der Waals surface area contributed by atoms with Gasteiger partial charge in [0, 0.05) is 6.21 Å². The van der Waals surface area contributed by atoms with Gasteiger partial charge < -0.3 is 4.74 Å². The first kappa shape index (κ1) is 16.7. The summed E-state index contributed by atoms with van der Waals surface area (Å²) >= 11 is 0. The molecule has 2 aromatic carbocycles. The van der Waals surface area contributed by atoms with Gasteiger partial charge in [0.1, 0.15) is 0 Å². The maximum Gasteiger partial charge on any atom is 0.338 e. The van der Waals surface area contributed by atoms with Gasteiger partial charge in [-0.25, -0.2) is 4.79 Å². The summed E-state index contributed by atoms with van der Waals surface area (Å²) in [5, 5.41) is 0. The maximum atomic E-state index is 11.8. The first-order chi connectivity index (χ1) is 11.3. The minimum atomic E-state index is -0.280. The molecule has 0 aliphatic carbocycles. The normalized spacial score (nSPS) is 11.2. The fraction of sp³-hybridized carbons (Fsp3) is 0.200. The van der Waals surface area contributed by atoms with Gasteiger partial charge in [-0.3, -0.25) is 4.99 Å². The first-order valence-electron chi connectivity index (χ1n) is 7.82. The third kappa shape index (κ3) is 5.91. The van der Waals surface area contributed by atoms with Crippen molar-refractivity contribution in [3.8, 4) is 0 Å². The summed E-state index contributed by atoms with van der Waals surface area (Å²) in [6.07, 6.45) is 7.52. The molecule has 2 rings (SSSR count). The molecule has 118 valence electrons. The molecule has 0 atom stereocenters. The Bertz CT molecular complexity index is 658. The molecule has 23 heavy (non-hydrogen) atoms. The molecule has 0 spiro atoms. The van der Waals surface area contributed by atoms with Crippen LogP contribution in [0, 0.1) is 0 Å². The summed E-state index contributed by atoms with van der Waals surface area (Å²) in [5.41, 5.74) is 2.48. The summed E-state index contributed by atoms with van der Waals surface area (Å²) in [6.45, 7) is 2.53. The van der Waals surface area contributed by atoms with Gasteiger partial charge >= 0.3 is 5.97 Å². The van der Waals surface area contributed by atoms with Gasteiger partial charge in [0.25, 0.3) is 0 Å². The number of rotatable bonds is 7. The van der Waals surface area contributed by atoms with Crippen LogP contribution in [0.2, 0.25) is 0 Å². The molecule has 0 radical (unpaired) electrons. The number of esters is 1. The van der Waals surface area contributed by atoms with Crippen LogP contribution in [0.1, 0.15) is 35.7 Å². The van der Waals surface area contributed by atoms with E-state index in [0.29, 0.717) is 12.2 Å². The second-order valence-electron chi connectivity index (χ2n) is 5.08. The van der Waals surface area contributed by atoms with Crippen molar-refractivity contribution < 1.29 is 9.53 Å². The van der Waals surface area contributed by atoms with Crippen molar-refractivity contribution >= 4 is 23.9 Å². The molecule has 0 N–H and O–H groups in total. The van der Waals surface area contributed by atoms with E-state index >= 15 is 0 Å². The average Bonchev–Trinajstić information content (AvgIpc) is 2.60. The van der Waals surface area contributed by atoms with Crippen molar-refractivity contribution in [1.29, 1.82) is 0 Å². The van der Waals surface area contributed by atoms with Gasteiger partial charge in [-0.05, 0) is 42.3 Å². The van der Waals surface area contributed by atoms with E-state index in [1.165, 1.54) is 0 Å². The Kier molecular flexibility index (Phi) is 6.79. The lowest BCUT2D eigenvalue weighted by Crippen LogP contribution is -2.05. The molecule has 0 saturated heterocycles. The van der Waals surface area contributed by atoms with E-state index in [2.05, 4.69) is 11.9 Å². The Morgan fingerprint density at radius 2 is 1.83 bits per heavy atom. The number of carbonyl (C=O) groups excluding carboxylic acids is 1. The Hall–Kier alpha value is -2.68. The number of benzene rings is 2. The Morgan fingerprint density at radius 1 is 1.09 bits per heavy atom. The number of hydrogen-bond acceptors (Lipinski definition) is 3. The molecular weight excluding hydrogens is 286 g/mol. The molecule has 0 heterocycles. The Balaban J connectivity index is 1.88. The lowest BCUT2D eigenvalue weighted by atomic mass is 10.2. The zero-order valence-corrected chi connectivity index (χ0v) is 13.3. The lowest BCUT2D eigenvalue weighted by Gasteiger charge is -2.03. The summed E-state index contributed by atoms with van der Waals surface area (Å²) in [7, 11) is 0. The smallest absolute Gasteiger partial charge is 0.338 e. The second kappa shape index (κ2) is 9.36. The van der Waals surface area contributed by atoms with Gasteiger partial charge in [0.15, 0.2) is 0 Å². The van der Waals surface area contributed by atoms with Crippen LogP contribution in [0.3, 0.4) is 0 Å². The molecule has 0 unspecified atom stereocenters. The zero-order chi connectivity index (χ0) is 16.3. The number of unbranched alkanes of at least 4 members (excludes halogenated alkanes) is 1. The topological polar surface area (TPSA) is 38.7 Å². The van der Waals surface area contributed by atoms with Crippen molar-refractivity contribution in [2.45, 2.75) is 19.8 Å². The van der Waals surface area contributed by atoms with Gasteiger partial charge in [-0.2, -0.15) is 0 Å². The highest BCUT2D eigenvalue weighted by Gasteiger charge is 2.05. The molecule has 0 saturated carbocycles. The first-order valence-corrected chi connectivity index (χ1v) is 7.82. The fourth-order valence-electron chi connectivity index (χ4n) is 1.92. The van der Waals surface area contributed by atoms with Crippen molar-refractivity contribution in [2.24, 2.45) is 4.99 Å². The number of carbonyl (C=O) groups is 1. The highest BCUT2D eigenvalue weighted by atomic mass is 16.5.